The van der Waals surface area contributed by atoms with E-state index in [1.54, 1.807) is 0 Å². The predicted molar refractivity (Wildman–Crippen MR) is 58.1 cm³/mol. The van der Waals surface area contributed by atoms with Crippen LogP contribution in [0, 0.1) is 5.41 Å². The summed E-state index contributed by atoms with van der Waals surface area (Å²) < 4.78 is 4.64. The Balaban J connectivity index is 4.08. The van der Waals surface area contributed by atoms with E-state index in [0.29, 0.717) is 0 Å². The van der Waals surface area contributed by atoms with E-state index >= 15 is 0 Å². The van der Waals surface area contributed by atoms with Crippen LogP contribution in [0.3, 0.4) is 0 Å². The highest BCUT2D eigenvalue weighted by Crippen LogP contribution is 2.18. The molecule has 2 N–H and O–H groups in total. The van der Waals surface area contributed by atoms with Gasteiger partial charge in [0.2, 0.25) is 0 Å². The van der Waals surface area contributed by atoms with Gasteiger partial charge in [-0.15, -0.1) is 0 Å². The van der Waals surface area contributed by atoms with E-state index < -0.39 is 18.0 Å². The van der Waals surface area contributed by atoms with Gasteiger partial charge in [0, 0.05) is 6.42 Å². The van der Waals surface area contributed by atoms with Gasteiger partial charge in [-0.2, -0.15) is 0 Å². The average Bonchev–Trinajstić information content (AvgIpc) is 2.11. The van der Waals surface area contributed by atoms with Crippen LogP contribution in [0.4, 0.5) is 0 Å². The summed E-state index contributed by atoms with van der Waals surface area (Å²) in [6.45, 7) is 7.45. The van der Waals surface area contributed by atoms with Crippen LogP contribution in [0.2, 0.25) is 0 Å². The third kappa shape index (κ3) is 5.52. The maximum Gasteiger partial charge on any atom is 0.331 e. The summed E-state index contributed by atoms with van der Waals surface area (Å²) in [6.07, 6.45) is 1.91. The molecule has 0 aromatic rings. The standard InChI is InChI=1S/C11H21NO3/c1-5-6-7-8(13)15-10(14)9(12)11(2,3)4/h9H,5-7,12H2,1-4H3. The molecule has 0 amide bonds. The Bertz CT molecular complexity index is 230. The van der Waals surface area contributed by atoms with Crippen molar-refractivity contribution in [2.75, 3.05) is 0 Å². The summed E-state index contributed by atoms with van der Waals surface area (Å²) in [6, 6.07) is -0.761. The normalized spacial score (nSPS) is 13.4. The van der Waals surface area contributed by atoms with E-state index in [4.69, 9.17) is 5.73 Å². The highest BCUT2D eigenvalue weighted by Gasteiger charge is 2.30. The third-order valence-corrected chi connectivity index (χ3v) is 2.14. The maximum atomic E-state index is 11.4. The van der Waals surface area contributed by atoms with Crippen molar-refractivity contribution in [1.29, 1.82) is 0 Å². The maximum absolute atomic E-state index is 11.4. The molecular weight excluding hydrogens is 194 g/mol. The lowest BCUT2D eigenvalue weighted by atomic mass is 9.87. The first-order chi connectivity index (χ1) is 6.79. The molecule has 0 saturated heterocycles. The van der Waals surface area contributed by atoms with Crippen LogP contribution in [0.5, 0.6) is 0 Å². The molecule has 0 fully saturated rings. The molecule has 0 aliphatic heterocycles. The van der Waals surface area contributed by atoms with Gasteiger partial charge in [0.15, 0.2) is 0 Å². The van der Waals surface area contributed by atoms with Crippen LogP contribution in [0.15, 0.2) is 0 Å². The van der Waals surface area contributed by atoms with E-state index in [1.807, 2.05) is 27.7 Å². The lowest BCUT2D eigenvalue weighted by Gasteiger charge is -2.24. The first-order valence-electron chi connectivity index (χ1n) is 5.29. The second-order valence-corrected chi connectivity index (χ2v) is 4.74. The molecule has 0 rings (SSSR count). The number of hydrogen-bond donors (Lipinski definition) is 1. The fraction of sp³-hybridized carbons (Fsp3) is 0.818. The molecule has 15 heavy (non-hydrogen) atoms. The summed E-state index contributed by atoms with van der Waals surface area (Å²) in [4.78, 5) is 22.5. The van der Waals surface area contributed by atoms with Gasteiger partial charge in [0.25, 0.3) is 0 Å². The van der Waals surface area contributed by atoms with E-state index in [1.165, 1.54) is 0 Å². The van der Waals surface area contributed by atoms with Crippen LogP contribution in [0.1, 0.15) is 47.0 Å². The van der Waals surface area contributed by atoms with Gasteiger partial charge >= 0.3 is 11.9 Å². The molecule has 0 heterocycles. The van der Waals surface area contributed by atoms with Crippen molar-refractivity contribution in [1.82, 2.24) is 0 Å². The summed E-state index contributed by atoms with van der Waals surface area (Å²) >= 11 is 0. The van der Waals surface area contributed by atoms with Crippen molar-refractivity contribution in [3.8, 4) is 0 Å². The van der Waals surface area contributed by atoms with Crippen LogP contribution in [0.25, 0.3) is 0 Å². The van der Waals surface area contributed by atoms with Crippen LogP contribution < -0.4 is 5.73 Å². The first kappa shape index (κ1) is 14.1. The molecule has 0 spiro atoms. The number of carbonyl (C=O) groups excluding carboxylic acids is 2. The SMILES string of the molecule is CCCCC(=O)OC(=O)C(N)C(C)(C)C. The molecule has 4 nitrogen and oxygen atoms in total. The Morgan fingerprint density at radius 1 is 1.33 bits per heavy atom. The Kier molecular flexibility index (Phi) is 5.50. The van der Waals surface area contributed by atoms with E-state index in [-0.39, 0.29) is 11.8 Å². The summed E-state index contributed by atoms with van der Waals surface area (Å²) in [7, 11) is 0. The molecule has 88 valence electrons. The monoisotopic (exact) mass is 215 g/mol. The number of ether oxygens (including phenoxy) is 1. The number of carbonyl (C=O) groups is 2. The van der Waals surface area contributed by atoms with Crippen molar-refractivity contribution in [3.05, 3.63) is 0 Å². The molecule has 0 bridgehead atoms. The van der Waals surface area contributed by atoms with Gasteiger partial charge in [0.1, 0.15) is 6.04 Å². The van der Waals surface area contributed by atoms with E-state index in [0.717, 1.165) is 12.8 Å². The second-order valence-electron chi connectivity index (χ2n) is 4.74. The smallest absolute Gasteiger partial charge is 0.331 e. The molecule has 1 atom stereocenters. The zero-order valence-corrected chi connectivity index (χ0v) is 10.0. The predicted octanol–water partition coefficient (Wildman–Crippen LogP) is 1.62. The van der Waals surface area contributed by atoms with Crippen LogP contribution >= 0.6 is 0 Å². The summed E-state index contributed by atoms with van der Waals surface area (Å²) in [5.41, 5.74) is 5.26. The van der Waals surface area contributed by atoms with Crippen molar-refractivity contribution in [2.24, 2.45) is 11.1 Å². The molecule has 0 aromatic carbocycles. The third-order valence-electron chi connectivity index (χ3n) is 2.14. The quantitative estimate of drug-likeness (QED) is 0.571. The van der Waals surface area contributed by atoms with Gasteiger partial charge < -0.3 is 10.5 Å². The Hall–Kier alpha value is -0.900. The minimum Gasteiger partial charge on any atom is -0.392 e. The van der Waals surface area contributed by atoms with Gasteiger partial charge in [-0.3, -0.25) is 4.79 Å². The lowest BCUT2D eigenvalue weighted by molar-refractivity contribution is -0.162. The molecule has 0 aromatic heterocycles. The van der Waals surface area contributed by atoms with Gasteiger partial charge in [-0.1, -0.05) is 34.1 Å². The molecule has 0 aliphatic carbocycles. The highest BCUT2D eigenvalue weighted by molar-refractivity contribution is 5.88. The van der Waals surface area contributed by atoms with Crippen LogP contribution in [-0.4, -0.2) is 18.0 Å². The molecule has 0 saturated carbocycles. The van der Waals surface area contributed by atoms with Crippen molar-refractivity contribution in [2.45, 2.75) is 53.0 Å². The molecule has 0 aliphatic rings. The lowest BCUT2D eigenvalue weighted by Crippen LogP contribution is -2.44. The second kappa shape index (κ2) is 5.85. The molecule has 0 radical (unpaired) electrons. The largest absolute Gasteiger partial charge is 0.392 e. The fourth-order valence-electron chi connectivity index (χ4n) is 0.901. The number of unbranched alkanes of at least 4 members (excludes halogenated alkanes) is 1. The molecule has 4 heteroatoms. The van der Waals surface area contributed by atoms with Gasteiger partial charge in [-0.05, 0) is 11.8 Å². The minimum absolute atomic E-state index is 0.277. The Morgan fingerprint density at radius 3 is 2.27 bits per heavy atom. The highest BCUT2D eigenvalue weighted by atomic mass is 16.6. The topological polar surface area (TPSA) is 69.4 Å². The zero-order valence-electron chi connectivity index (χ0n) is 10.0. The first-order valence-corrected chi connectivity index (χ1v) is 5.29. The summed E-state index contributed by atoms with van der Waals surface area (Å²) in [5.74, 6) is -1.12. The Morgan fingerprint density at radius 2 is 1.87 bits per heavy atom. The number of hydrogen-bond acceptors (Lipinski definition) is 4. The molecular formula is C11H21NO3. The van der Waals surface area contributed by atoms with Crippen molar-refractivity contribution < 1.29 is 14.3 Å². The Labute approximate surface area is 91.2 Å². The number of rotatable bonds is 4. The fourth-order valence-corrected chi connectivity index (χ4v) is 0.901. The van der Waals surface area contributed by atoms with Gasteiger partial charge in [0.05, 0.1) is 0 Å². The molecule has 1 unspecified atom stereocenters. The minimum atomic E-state index is -0.761. The zero-order chi connectivity index (χ0) is 12.1. The number of nitrogens with two attached hydrogens (primary N) is 1. The summed E-state index contributed by atoms with van der Waals surface area (Å²) in [5, 5.41) is 0. The number of esters is 2. The van der Waals surface area contributed by atoms with E-state index in [9.17, 15) is 9.59 Å². The average molecular weight is 215 g/mol. The van der Waals surface area contributed by atoms with Crippen molar-refractivity contribution in [3.63, 3.8) is 0 Å². The van der Waals surface area contributed by atoms with Crippen molar-refractivity contribution >= 4 is 11.9 Å². The van der Waals surface area contributed by atoms with E-state index in [2.05, 4.69) is 4.74 Å². The van der Waals surface area contributed by atoms with Gasteiger partial charge in [-0.25, -0.2) is 4.79 Å². The van der Waals surface area contributed by atoms with Crippen LogP contribution in [-0.2, 0) is 14.3 Å².